The first-order valence-corrected chi connectivity index (χ1v) is 7.53. The molecule has 2 aromatic heterocycles. The van der Waals surface area contributed by atoms with Crippen LogP contribution in [0.1, 0.15) is 41.3 Å². The standard InChI is InChI=1S/C14H17N3O3S/c1-4-11(13-15-5-6-21-13)17-9(3)10(7-12(18)19)8(2)16-14(17)20/h5-6,11H,4,7H2,1-3H3,(H,18,19). The average Bonchev–Trinajstić information content (AvgIpc) is 2.92. The van der Waals surface area contributed by atoms with E-state index in [1.54, 1.807) is 24.6 Å². The van der Waals surface area contributed by atoms with Crippen LogP contribution in [0.25, 0.3) is 0 Å². The van der Waals surface area contributed by atoms with Crippen LogP contribution in [0.3, 0.4) is 0 Å². The second kappa shape index (κ2) is 6.17. The number of nitrogens with zero attached hydrogens (tertiary/aromatic N) is 3. The van der Waals surface area contributed by atoms with Crippen molar-refractivity contribution in [3.63, 3.8) is 0 Å². The van der Waals surface area contributed by atoms with Crippen molar-refractivity contribution in [1.82, 2.24) is 14.5 Å². The maximum absolute atomic E-state index is 12.3. The molecule has 0 bridgehead atoms. The van der Waals surface area contributed by atoms with Crippen molar-refractivity contribution < 1.29 is 9.90 Å². The molecule has 0 amide bonds. The third-order valence-corrected chi connectivity index (χ3v) is 4.34. The van der Waals surface area contributed by atoms with Crippen molar-refractivity contribution in [2.45, 2.75) is 39.7 Å². The molecule has 0 aliphatic heterocycles. The van der Waals surface area contributed by atoms with Gasteiger partial charge in [0.25, 0.3) is 0 Å². The Morgan fingerprint density at radius 3 is 2.71 bits per heavy atom. The Kier molecular flexibility index (Phi) is 4.52. The van der Waals surface area contributed by atoms with E-state index < -0.39 is 5.97 Å². The normalized spacial score (nSPS) is 12.3. The van der Waals surface area contributed by atoms with Crippen LogP contribution in [-0.2, 0) is 11.2 Å². The van der Waals surface area contributed by atoms with E-state index in [2.05, 4.69) is 9.97 Å². The average molecular weight is 307 g/mol. The molecule has 2 heterocycles. The van der Waals surface area contributed by atoms with Crippen LogP contribution in [0.5, 0.6) is 0 Å². The summed E-state index contributed by atoms with van der Waals surface area (Å²) in [5, 5.41) is 11.7. The van der Waals surface area contributed by atoms with E-state index in [1.807, 2.05) is 12.3 Å². The van der Waals surface area contributed by atoms with Gasteiger partial charge in [-0.05, 0) is 20.3 Å². The Morgan fingerprint density at radius 2 is 2.19 bits per heavy atom. The molecule has 7 heteroatoms. The van der Waals surface area contributed by atoms with Gasteiger partial charge >= 0.3 is 11.7 Å². The van der Waals surface area contributed by atoms with E-state index in [1.165, 1.54) is 11.3 Å². The fraction of sp³-hybridized carbons (Fsp3) is 0.429. The summed E-state index contributed by atoms with van der Waals surface area (Å²) in [5.74, 6) is -0.935. The maximum Gasteiger partial charge on any atom is 0.348 e. The minimum Gasteiger partial charge on any atom is -0.481 e. The first kappa shape index (κ1) is 15.4. The van der Waals surface area contributed by atoms with Crippen molar-refractivity contribution in [2.24, 2.45) is 0 Å². The van der Waals surface area contributed by atoms with Gasteiger partial charge in [-0.1, -0.05) is 6.92 Å². The van der Waals surface area contributed by atoms with Crippen LogP contribution in [-0.4, -0.2) is 25.6 Å². The van der Waals surface area contributed by atoms with Crippen LogP contribution in [0.2, 0.25) is 0 Å². The number of aromatic nitrogens is 3. The molecule has 0 saturated carbocycles. The lowest BCUT2D eigenvalue weighted by molar-refractivity contribution is -0.136. The molecule has 6 nitrogen and oxygen atoms in total. The fourth-order valence-electron chi connectivity index (χ4n) is 2.46. The first-order chi connectivity index (χ1) is 9.95. The van der Waals surface area contributed by atoms with E-state index in [0.717, 1.165) is 5.01 Å². The van der Waals surface area contributed by atoms with Gasteiger partial charge in [-0.15, -0.1) is 11.3 Å². The van der Waals surface area contributed by atoms with E-state index in [0.29, 0.717) is 23.4 Å². The quantitative estimate of drug-likeness (QED) is 0.912. The molecular formula is C14H17N3O3S. The third-order valence-electron chi connectivity index (χ3n) is 3.47. The highest BCUT2D eigenvalue weighted by molar-refractivity contribution is 7.09. The molecule has 0 saturated heterocycles. The second-order valence-corrected chi connectivity index (χ2v) is 5.70. The Bertz CT molecular complexity index is 707. The molecule has 0 spiro atoms. The predicted octanol–water partition coefficient (Wildman–Crippen LogP) is 1.94. The van der Waals surface area contributed by atoms with Crippen LogP contribution >= 0.6 is 11.3 Å². The number of aryl methyl sites for hydroxylation is 1. The van der Waals surface area contributed by atoms with Crippen molar-refractivity contribution in [3.05, 3.63) is 44.0 Å². The topological polar surface area (TPSA) is 85.1 Å². The number of carboxylic acids is 1. The second-order valence-electron chi connectivity index (χ2n) is 4.78. The number of rotatable bonds is 5. The molecule has 2 aromatic rings. The molecule has 0 aromatic carbocycles. The van der Waals surface area contributed by atoms with Crippen molar-refractivity contribution in [3.8, 4) is 0 Å². The number of aliphatic carboxylic acids is 1. The lowest BCUT2D eigenvalue weighted by Crippen LogP contribution is -2.32. The van der Waals surface area contributed by atoms with Gasteiger partial charge in [0, 0.05) is 28.5 Å². The number of hydrogen-bond acceptors (Lipinski definition) is 5. The summed E-state index contributed by atoms with van der Waals surface area (Å²) in [7, 11) is 0. The Balaban J connectivity index is 2.62. The third kappa shape index (κ3) is 3.02. The van der Waals surface area contributed by atoms with Crippen molar-refractivity contribution in [2.75, 3.05) is 0 Å². The Labute approximate surface area is 126 Å². The number of thiazole rings is 1. The van der Waals surface area contributed by atoms with Gasteiger partial charge in [0.1, 0.15) is 5.01 Å². The van der Waals surface area contributed by atoms with E-state index in [-0.39, 0.29) is 18.2 Å². The zero-order chi connectivity index (χ0) is 15.6. The molecule has 1 atom stereocenters. The zero-order valence-electron chi connectivity index (χ0n) is 12.2. The van der Waals surface area contributed by atoms with Gasteiger partial charge in [-0.25, -0.2) is 9.78 Å². The van der Waals surface area contributed by atoms with E-state index in [4.69, 9.17) is 5.11 Å². The zero-order valence-corrected chi connectivity index (χ0v) is 13.0. The SMILES string of the molecule is CCC(c1nccs1)n1c(C)c(CC(=O)O)c(C)nc1=O. The summed E-state index contributed by atoms with van der Waals surface area (Å²) in [6, 6.07) is -0.210. The van der Waals surface area contributed by atoms with E-state index >= 15 is 0 Å². The molecule has 0 fully saturated rings. The molecule has 0 radical (unpaired) electrons. The molecule has 0 aliphatic rings. The minimum absolute atomic E-state index is 0.140. The summed E-state index contributed by atoms with van der Waals surface area (Å²) < 4.78 is 1.56. The highest BCUT2D eigenvalue weighted by Crippen LogP contribution is 2.25. The summed E-state index contributed by atoms with van der Waals surface area (Å²) in [4.78, 5) is 31.5. The summed E-state index contributed by atoms with van der Waals surface area (Å²) >= 11 is 1.48. The highest BCUT2D eigenvalue weighted by Gasteiger charge is 2.21. The Hall–Kier alpha value is -2.02. The fourth-order valence-corrected chi connectivity index (χ4v) is 3.27. The van der Waals surface area contributed by atoms with Crippen LogP contribution in [0.15, 0.2) is 16.4 Å². The molecule has 0 aliphatic carbocycles. The number of hydrogen-bond donors (Lipinski definition) is 1. The van der Waals surface area contributed by atoms with Gasteiger partial charge in [0.05, 0.1) is 12.5 Å². The lowest BCUT2D eigenvalue weighted by Gasteiger charge is -2.21. The molecule has 1 N–H and O–H groups in total. The van der Waals surface area contributed by atoms with Crippen LogP contribution < -0.4 is 5.69 Å². The smallest absolute Gasteiger partial charge is 0.348 e. The molecule has 2 rings (SSSR count). The highest BCUT2D eigenvalue weighted by atomic mass is 32.1. The maximum atomic E-state index is 12.3. The van der Waals surface area contributed by atoms with Crippen LogP contribution in [0.4, 0.5) is 0 Å². The molecule has 1 unspecified atom stereocenters. The van der Waals surface area contributed by atoms with Gasteiger partial charge in [0.15, 0.2) is 0 Å². The number of carboxylic acid groups (broad SMARTS) is 1. The Morgan fingerprint density at radius 1 is 1.48 bits per heavy atom. The summed E-state index contributed by atoms with van der Waals surface area (Å²) in [5.41, 5.74) is 1.36. The first-order valence-electron chi connectivity index (χ1n) is 6.65. The number of carbonyl (C=O) groups is 1. The van der Waals surface area contributed by atoms with Gasteiger partial charge < -0.3 is 5.11 Å². The summed E-state index contributed by atoms with van der Waals surface area (Å²) in [6.07, 6.45) is 2.24. The monoisotopic (exact) mass is 307 g/mol. The van der Waals surface area contributed by atoms with Crippen molar-refractivity contribution in [1.29, 1.82) is 0 Å². The predicted molar refractivity (Wildman–Crippen MR) is 79.9 cm³/mol. The van der Waals surface area contributed by atoms with E-state index in [9.17, 15) is 9.59 Å². The van der Waals surface area contributed by atoms with Crippen LogP contribution in [0, 0.1) is 13.8 Å². The minimum atomic E-state index is -0.935. The van der Waals surface area contributed by atoms with Gasteiger partial charge in [-0.2, -0.15) is 4.98 Å². The summed E-state index contributed by atoms with van der Waals surface area (Å²) in [6.45, 7) is 5.40. The lowest BCUT2D eigenvalue weighted by atomic mass is 10.1. The molecule has 112 valence electrons. The van der Waals surface area contributed by atoms with Gasteiger partial charge in [-0.3, -0.25) is 9.36 Å². The molecule has 21 heavy (non-hydrogen) atoms. The van der Waals surface area contributed by atoms with Crippen molar-refractivity contribution >= 4 is 17.3 Å². The largest absolute Gasteiger partial charge is 0.481 e. The molecular weight excluding hydrogens is 290 g/mol. The van der Waals surface area contributed by atoms with Gasteiger partial charge in [0.2, 0.25) is 0 Å².